The SMILES string of the molecule is Cc1ccccc1-c1n[c]sn1. The molecule has 0 saturated carbocycles. The Labute approximate surface area is 75.1 Å². The lowest BCUT2D eigenvalue weighted by Gasteiger charge is -1.98. The van der Waals surface area contributed by atoms with Gasteiger partial charge in [-0.1, -0.05) is 24.3 Å². The summed E-state index contributed by atoms with van der Waals surface area (Å²) < 4.78 is 4.12. The van der Waals surface area contributed by atoms with E-state index in [4.69, 9.17) is 0 Å². The molecule has 2 rings (SSSR count). The van der Waals surface area contributed by atoms with Gasteiger partial charge in [0.05, 0.1) is 0 Å². The first-order chi connectivity index (χ1) is 5.88. The normalized spacial score (nSPS) is 10.1. The van der Waals surface area contributed by atoms with Crippen molar-refractivity contribution in [2.45, 2.75) is 6.92 Å². The molecular formula is C9H7N2S. The van der Waals surface area contributed by atoms with E-state index in [1.165, 1.54) is 17.1 Å². The van der Waals surface area contributed by atoms with E-state index in [1.807, 2.05) is 18.2 Å². The Morgan fingerprint density at radius 1 is 1.33 bits per heavy atom. The molecule has 0 saturated heterocycles. The summed E-state index contributed by atoms with van der Waals surface area (Å²) in [6.45, 7) is 2.05. The maximum atomic E-state index is 4.12. The number of rotatable bonds is 1. The van der Waals surface area contributed by atoms with E-state index in [1.54, 1.807) is 0 Å². The van der Waals surface area contributed by atoms with Crippen molar-refractivity contribution >= 4 is 11.5 Å². The number of benzene rings is 1. The summed E-state index contributed by atoms with van der Waals surface area (Å²) in [7, 11) is 0. The van der Waals surface area contributed by atoms with Crippen molar-refractivity contribution in [1.29, 1.82) is 0 Å². The summed E-state index contributed by atoms with van der Waals surface area (Å²) in [6.07, 6.45) is 0. The Morgan fingerprint density at radius 2 is 2.17 bits per heavy atom. The van der Waals surface area contributed by atoms with Gasteiger partial charge in [0, 0.05) is 5.56 Å². The number of aryl methyl sites for hydroxylation is 1. The molecular weight excluding hydrogens is 168 g/mol. The minimum Gasteiger partial charge on any atom is -0.212 e. The van der Waals surface area contributed by atoms with E-state index in [-0.39, 0.29) is 0 Å². The lowest BCUT2D eigenvalue weighted by atomic mass is 10.1. The summed E-state index contributed by atoms with van der Waals surface area (Å²) in [5.74, 6) is 0.776. The minimum atomic E-state index is 0.776. The molecule has 0 aliphatic carbocycles. The molecule has 0 bridgehead atoms. The maximum Gasteiger partial charge on any atom is 0.174 e. The first-order valence-electron chi connectivity index (χ1n) is 3.63. The van der Waals surface area contributed by atoms with Crippen LogP contribution in [0.4, 0.5) is 0 Å². The Morgan fingerprint density at radius 3 is 2.83 bits per heavy atom. The predicted molar refractivity (Wildman–Crippen MR) is 48.9 cm³/mol. The van der Waals surface area contributed by atoms with Gasteiger partial charge in [-0.2, -0.15) is 4.37 Å². The maximum absolute atomic E-state index is 4.12. The highest BCUT2D eigenvalue weighted by Gasteiger charge is 2.03. The summed E-state index contributed by atoms with van der Waals surface area (Å²) in [4.78, 5) is 4.03. The van der Waals surface area contributed by atoms with E-state index in [9.17, 15) is 0 Å². The van der Waals surface area contributed by atoms with Crippen molar-refractivity contribution in [3.05, 3.63) is 35.3 Å². The van der Waals surface area contributed by atoms with Crippen molar-refractivity contribution in [3.8, 4) is 11.4 Å². The van der Waals surface area contributed by atoms with Gasteiger partial charge >= 0.3 is 0 Å². The number of hydrogen-bond donors (Lipinski definition) is 0. The van der Waals surface area contributed by atoms with E-state index in [0.717, 1.165) is 11.4 Å². The van der Waals surface area contributed by atoms with Crippen LogP contribution in [-0.2, 0) is 0 Å². The summed E-state index contributed by atoms with van der Waals surface area (Å²) in [5.41, 5.74) is 5.03. The van der Waals surface area contributed by atoms with Crippen molar-refractivity contribution in [2.24, 2.45) is 0 Å². The lowest BCUT2D eigenvalue weighted by molar-refractivity contribution is 1.29. The Balaban J connectivity index is 2.55. The second-order valence-corrected chi connectivity index (χ2v) is 3.07. The van der Waals surface area contributed by atoms with Crippen LogP contribution < -0.4 is 0 Å². The second-order valence-electron chi connectivity index (χ2n) is 2.52. The van der Waals surface area contributed by atoms with E-state index < -0.39 is 0 Å². The smallest absolute Gasteiger partial charge is 0.174 e. The van der Waals surface area contributed by atoms with Gasteiger partial charge < -0.3 is 0 Å². The van der Waals surface area contributed by atoms with Gasteiger partial charge in [0.1, 0.15) is 0 Å². The molecule has 0 amide bonds. The zero-order valence-electron chi connectivity index (χ0n) is 6.61. The van der Waals surface area contributed by atoms with Gasteiger partial charge in [-0.15, -0.1) is 0 Å². The molecule has 0 aliphatic rings. The third-order valence-corrected chi connectivity index (χ3v) is 2.15. The van der Waals surface area contributed by atoms with Crippen LogP contribution in [0.15, 0.2) is 24.3 Å². The monoisotopic (exact) mass is 175 g/mol. The van der Waals surface area contributed by atoms with Crippen molar-refractivity contribution < 1.29 is 0 Å². The largest absolute Gasteiger partial charge is 0.212 e. The fourth-order valence-electron chi connectivity index (χ4n) is 1.08. The van der Waals surface area contributed by atoms with Crippen LogP contribution >= 0.6 is 11.5 Å². The number of hydrogen-bond acceptors (Lipinski definition) is 3. The highest BCUT2D eigenvalue weighted by molar-refractivity contribution is 7.02. The molecule has 1 aromatic heterocycles. The van der Waals surface area contributed by atoms with Gasteiger partial charge in [-0.05, 0) is 24.0 Å². The number of nitrogens with zero attached hydrogens (tertiary/aromatic N) is 2. The Hall–Kier alpha value is -1.22. The zero-order chi connectivity index (χ0) is 8.39. The third-order valence-electron chi connectivity index (χ3n) is 1.71. The molecule has 0 atom stereocenters. The highest BCUT2D eigenvalue weighted by atomic mass is 32.1. The van der Waals surface area contributed by atoms with Crippen LogP contribution in [0, 0.1) is 12.4 Å². The van der Waals surface area contributed by atoms with Crippen molar-refractivity contribution in [1.82, 2.24) is 9.36 Å². The van der Waals surface area contributed by atoms with E-state index in [2.05, 4.69) is 27.9 Å². The molecule has 2 aromatic rings. The van der Waals surface area contributed by atoms with Gasteiger partial charge in [-0.25, -0.2) is 4.98 Å². The highest BCUT2D eigenvalue weighted by Crippen LogP contribution is 2.18. The fourth-order valence-corrected chi connectivity index (χ4v) is 1.47. The van der Waals surface area contributed by atoms with E-state index >= 15 is 0 Å². The zero-order valence-corrected chi connectivity index (χ0v) is 7.43. The number of aromatic nitrogens is 2. The Kier molecular flexibility index (Phi) is 1.87. The quantitative estimate of drug-likeness (QED) is 0.664. The van der Waals surface area contributed by atoms with Crippen LogP contribution in [0.1, 0.15) is 5.56 Å². The molecule has 1 aromatic carbocycles. The van der Waals surface area contributed by atoms with Gasteiger partial charge in [0.25, 0.3) is 0 Å². The van der Waals surface area contributed by atoms with E-state index in [0.29, 0.717) is 0 Å². The van der Waals surface area contributed by atoms with Crippen LogP contribution in [0.25, 0.3) is 11.4 Å². The minimum absolute atomic E-state index is 0.776. The molecule has 0 spiro atoms. The van der Waals surface area contributed by atoms with Crippen LogP contribution in [0.2, 0.25) is 0 Å². The first-order valence-corrected chi connectivity index (χ1v) is 4.41. The molecule has 1 heterocycles. The standard InChI is InChI=1S/C9H7N2S/c1-7-4-2-3-5-8(7)9-10-6-12-11-9/h2-5H,1H3. The molecule has 3 heteroatoms. The molecule has 0 fully saturated rings. The average Bonchev–Trinajstić information content (AvgIpc) is 2.57. The topological polar surface area (TPSA) is 25.8 Å². The molecule has 12 heavy (non-hydrogen) atoms. The van der Waals surface area contributed by atoms with Gasteiger partial charge in [0.15, 0.2) is 11.3 Å². The van der Waals surface area contributed by atoms with Gasteiger partial charge in [0.2, 0.25) is 0 Å². The fraction of sp³-hybridized carbons (Fsp3) is 0.111. The molecule has 0 unspecified atom stereocenters. The second kappa shape index (κ2) is 3.03. The summed E-state index contributed by atoms with van der Waals surface area (Å²) in [6, 6.07) is 8.07. The molecule has 0 N–H and O–H groups in total. The third kappa shape index (κ3) is 1.23. The van der Waals surface area contributed by atoms with Crippen molar-refractivity contribution in [3.63, 3.8) is 0 Å². The lowest BCUT2D eigenvalue weighted by Crippen LogP contribution is -1.83. The average molecular weight is 175 g/mol. The summed E-state index contributed by atoms with van der Waals surface area (Å²) >= 11 is 1.26. The van der Waals surface area contributed by atoms with Crippen LogP contribution in [-0.4, -0.2) is 9.36 Å². The summed E-state index contributed by atoms with van der Waals surface area (Å²) in [5, 5.41) is 0. The predicted octanol–water partition coefficient (Wildman–Crippen LogP) is 2.31. The molecule has 0 aliphatic heterocycles. The Bertz CT molecular complexity index is 368. The molecule has 2 nitrogen and oxygen atoms in total. The molecule has 59 valence electrons. The first kappa shape index (κ1) is 7.43. The van der Waals surface area contributed by atoms with Crippen molar-refractivity contribution in [2.75, 3.05) is 0 Å². The molecule has 1 radical (unpaired) electrons. The van der Waals surface area contributed by atoms with Crippen LogP contribution in [0.3, 0.4) is 0 Å². The van der Waals surface area contributed by atoms with Gasteiger partial charge in [-0.3, -0.25) is 0 Å². The van der Waals surface area contributed by atoms with Crippen LogP contribution in [0.5, 0.6) is 0 Å².